The summed E-state index contributed by atoms with van der Waals surface area (Å²) in [5.74, 6) is -0.596. The van der Waals surface area contributed by atoms with Gasteiger partial charge in [-0.3, -0.25) is 9.59 Å². The lowest BCUT2D eigenvalue weighted by Gasteiger charge is -2.07. The monoisotopic (exact) mass is 388 g/mol. The summed E-state index contributed by atoms with van der Waals surface area (Å²) < 4.78 is 6.40. The Bertz CT molecular complexity index is 1420. The molecule has 29 heavy (non-hydrogen) atoms. The number of hydrogen-bond acceptors (Lipinski definition) is 6. The Morgan fingerprint density at radius 2 is 1.76 bits per heavy atom. The number of carbonyl (C=O) groups is 1. The average molecular weight is 388 g/mol. The fourth-order valence-electron chi connectivity index (χ4n) is 3.03. The van der Waals surface area contributed by atoms with Crippen molar-refractivity contribution in [2.45, 2.75) is 6.92 Å². The number of rotatable bonds is 3. The van der Waals surface area contributed by atoms with Crippen molar-refractivity contribution in [2.75, 3.05) is 0 Å². The molecule has 0 aliphatic rings. The third kappa shape index (κ3) is 3.31. The number of fused-ring (bicyclic) bond motifs is 2. The summed E-state index contributed by atoms with van der Waals surface area (Å²) in [5.41, 5.74) is 2.60. The molecule has 1 amide bonds. The van der Waals surface area contributed by atoms with Crippen LogP contribution < -0.4 is 16.6 Å². The van der Waals surface area contributed by atoms with Gasteiger partial charge in [-0.1, -0.05) is 36.4 Å². The van der Waals surface area contributed by atoms with Crippen molar-refractivity contribution in [3.63, 3.8) is 0 Å². The predicted molar refractivity (Wildman–Crippen MR) is 109 cm³/mol. The van der Waals surface area contributed by atoms with Crippen LogP contribution in [0.15, 0.2) is 73.7 Å². The molecular weight excluding hydrogens is 372 g/mol. The van der Waals surface area contributed by atoms with E-state index in [2.05, 4.69) is 15.6 Å². The van der Waals surface area contributed by atoms with Gasteiger partial charge in [-0.25, -0.2) is 14.9 Å². The van der Waals surface area contributed by atoms with Gasteiger partial charge in [-0.05, 0) is 25.1 Å². The number of hydrazone groups is 1. The van der Waals surface area contributed by atoms with E-state index in [1.807, 2.05) is 12.1 Å². The van der Waals surface area contributed by atoms with Crippen molar-refractivity contribution >= 4 is 33.4 Å². The molecule has 0 bridgehead atoms. The number of carbonyl (C=O) groups excluding carboxylic acids is 1. The third-order valence-electron chi connectivity index (χ3n) is 4.53. The number of para-hydroxylation sites is 1. The number of benzene rings is 2. The summed E-state index contributed by atoms with van der Waals surface area (Å²) in [5, 5.41) is 9.63. The molecule has 2 aromatic heterocycles. The Kier molecular flexibility index (Phi) is 4.52. The molecule has 8 nitrogen and oxygen atoms in total. The zero-order valence-corrected chi connectivity index (χ0v) is 15.7. The highest BCUT2D eigenvalue weighted by molar-refractivity contribution is 6.06. The molecule has 1 N–H and O–H groups in total. The van der Waals surface area contributed by atoms with Gasteiger partial charge in [0.15, 0.2) is 5.69 Å². The van der Waals surface area contributed by atoms with Crippen LogP contribution in [0.4, 0.5) is 0 Å². The highest BCUT2D eigenvalue weighted by Gasteiger charge is 2.16. The Labute approximate surface area is 164 Å². The van der Waals surface area contributed by atoms with Crippen LogP contribution in [0, 0.1) is 0 Å². The van der Waals surface area contributed by atoms with Crippen LogP contribution in [-0.4, -0.2) is 21.4 Å². The minimum absolute atomic E-state index is 0.0600. The second-order valence-corrected chi connectivity index (χ2v) is 6.45. The van der Waals surface area contributed by atoms with E-state index in [1.54, 1.807) is 49.4 Å². The lowest BCUT2D eigenvalue weighted by molar-refractivity contribution is 0.0949. The van der Waals surface area contributed by atoms with Crippen LogP contribution in [0.25, 0.3) is 21.7 Å². The Balaban J connectivity index is 1.70. The van der Waals surface area contributed by atoms with Gasteiger partial charge in [-0.2, -0.15) is 10.2 Å². The Morgan fingerprint density at radius 3 is 2.55 bits per heavy atom. The largest absolute Gasteiger partial charge is 0.422 e. The van der Waals surface area contributed by atoms with Gasteiger partial charge in [0, 0.05) is 17.8 Å². The van der Waals surface area contributed by atoms with Gasteiger partial charge in [0.05, 0.1) is 16.7 Å². The number of aromatic nitrogens is 2. The van der Waals surface area contributed by atoms with Gasteiger partial charge in [0.25, 0.3) is 11.5 Å². The molecule has 0 fully saturated rings. The maximum atomic E-state index is 12.7. The van der Waals surface area contributed by atoms with Crippen molar-refractivity contribution in [1.82, 2.24) is 15.2 Å². The van der Waals surface area contributed by atoms with E-state index >= 15 is 0 Å². The SMILES string of the molecule is C/C(=N/NC(=O)c1nn(C)c(=O)c2ccccc12)c1cc2ccccc2oc1=O. The summed E-state index contributed by atoms with van der Waals surface area (Å²) in [7, 11) is 1.47. The zero-order valence-electron chi connectivity index (χ0n) is 15.7. The first-order valence-corrected chi connectivity index (χ1v) is 8.79. The standard InChI is InChI=1S/C21H16N4O4/c1-12(16-11-13-7-3-6-10-17(13)29-21(16)28)22-23-19(26)18-14-8-4-5-9-15(14)20(27)25(2)24-18/h3-11H,1-2H3,(H,23,26)/b22-12-. The topological polar surface area (TPSA) is 107 Å². The van der Waals surface area contributed by atoms with Crippen LogP contribution in [-0.2, 0) is 7.05 Å². The maximum Gasteiger partial charge on any atom is 0.345 e. The first-order valence-electron chi connectivity index (χ1n) is 8.79. The van der Waals surface area contributed by atoms with E-state index in [4.69, 9.17) is 4.42 Å². The van der Waals surface area contributed by atoms with Crippen molar-refractivity contribution in [1.29, 1.82) is 0 Å². The molecule has 0 saturated carbocycles. The van der Waals surface area contributed by atoms with Crippen LogP contribution >= 0.6 is 0 Å². The zero-order chi connectivity index (χ0) is 20.5. The molecule has 0 unspecified atom stereocenters. The normalized spacial score (nSPS) is 11.7. The first-order chi connectivity index (χ1) is 14.0. The summed E-state index contributed by atoms with van der Waals surface area (Å²) in [6.07, 6.45) is 0. The maximum absolute atomic E-state index is 12.7. The van der Waals surface area contributed by atoms with E-state index in [0.717, 1.165) is 10.1 Å². The molecule has 0 radical (unpaired) electrons. The third-order valence-corrected chi connectivity index (χ3v) is 4.53. The molecule has 0 spiro atoms. The molecule has 0 saturated heterocycles. The van der Waals surface area contributed by atoms with E-state index in [1.165, 1.54) is 7.05 Å². The quantitative estimate of drug-likeness (QED) is 0.329. The van der Waals surface area contributed by atoms with Gasteiger partial charge >= 0.3 is 5.63 Å². The molecule has 4 aromatic rings. The summed E-state index contributed by atoms with van der Waals surface area (Å²) in [6.45, 7) is 1.59. The smallest absolute Gasteiger partial charge is 0.345 e. The Hall–Kier alpha value is -4.07. The summed E-state index contributed by atoms with van der Waals surface area (Å²) in [4.78, 5) is 37.1. The van der Waals surface area contributed by atoms with Crippen molar-refractivity contribution in [2.24, 2.45) is 12.1 Å². The first kappa shape index (κ1) is 18.3. The minimum atomic E-state index is -0.596. The second-order valence-electron chi connectivity index (χ2n) is 6.45. The number of hydrogen-bond donors (Lipinski definition) is 1. The van der Waals surface area contributed by atoms with E-state index in [-0.39, 0.29) is 22.5 Å². The van der Waals surface area contributed by atoms with Crippen LogP contribution in [0.5, 0.6) is 0 Å². The lowest BCUT2D eigenvalue weighted by Crippen LogP contribution is -2.28. The molecule has 2 aromatic carbocycles. The van der Waals surface area contributed by atoms with E-state index in [9.17, 15) is 14.4 Å². The molecule has 0 aliphatic carbocycles. The number of aryl methyl sites for hydroxylation is 1. The van der Waals surface area contributed by atoms with Gasteiger partial charge in [-0.15, -0.1) is 0 Å². The van der Waals surface area contributed by atoms with Crippen molar-refractivity contribution in [3.8, 4) is 0 Å². The van der Waals surface area contributed by atoms with E-state index < -0.39 is 11.5 Å². The molecule has 0 aliphatic heterocycles. The van der Waals surface area contributed by atoms with Crippen molar-refractivity contribution < 1.29 is 9.21 Å². The summed E-state index contributed by atoms with van der Waals surface area (Å²) in [6, 6.07) is 15.5. The second kappa shape index (κ2) is 7.16. The number of nitrogens with one attached hydrogen (secondary N) is 1. The molecular formula is C21H16N4O4. The summed E-state index contributed by atoms with van der Waals surface area (Å²) >= 11 is 0. The van der Waals surface area contributed by atoms with Crippen LogP contribution in [0.1, 0.15) is 23.0 Å². The van der Waals surface area contributed by atoms with Crippen LogP contribution in [0.3, 0.4) is 0 Å². The fourth-order valence-corrected chi connectivity index (χ4v) is 3.03. The van der Waals surface area contributed by atoms with E-state index in [0.29, 0.717) is 16.4 Å². The van der Waals surface area contributed by atoms with Crippen LogP contribution in [0.2, 0.25) is 0 Å². The highest BCUT2D eigenvalue weighted by Crippen LogP contribution is 2.14. The predicted octanol–water partition coefficient (Wildman–Crippen LogP) is 2.19. The minimum Gasteiger partial charge on any atom is -0.422 e. The average Bonchev–Trinajstić information content (AvgIpc) is 2.73. The number of amides is 1. The van der Waals surface area contributed by atoms with Gasteiger partial charge in [0.1, 0.15) is 5.58 Å². The van der Waals surface area contributed by atoms with Gasteiger partial charge < -0.3 is 4.42 Å². The number of nitrogens with zero attached hydrogens (tertiary/aromatic N) is 3. The molecule has 144 valence electrons. The van der Waals surface area contributed by atoms with Gasteiger partial charge in [0.2, 0.25) is 0 Å². The Morgan fingerprint density at radius 1 is 1.07 bits per heavy atom. The van der Waals surface area contributed by atoms with Crippen molar-refractivity contribution in [3.05, 3.63) is 86.6 Å². The molecule has 4 rings (SSSR count). The lowest BCUT2D eigenvalue weighted by atomic mass is 10.1. The molecule has 8 heteroatoms. The molecule has 2 heterocycles. The molecule has 0 atom stereocenters. The highest BCUT2D eigenvalue weighted by atomic mass is 16.4. The fraction of sp³-hybridized carbons (Fsp3) is 0.0952.